The van der Waals surface area contributed by atoms with Gasteiger partial charge in [-0.25, -0.2) is 15.0 Å². The number of rotatable bonds is 5. The Morgan fingerprint density at radius 2 is 1.49 bits per heavy atom. The largest absolute Gasteiger partial charge is 0.465 e. The summed E-state index contributed by atoms with van der Waals surface area (Å²) >= 11 is 0. The van der Waals surface area contributed by atoms with Crippen LogP contribution in [-0.2, 0) is 5.41 Å². The monoisotopic (exact) mass is 616 g/mol. The molecule has 0 bridgehead atoms. The summed E-state index contributed by atoms with van der Waals surface area (Å²) in [5.41, 5.74) is 10.9. The Hall–Kier alpha value is -6.09. The van der Waals surface area contributed by atoms with Crippen molar-refractivity contribution in [3.8, 4) is 62.7 Å². The van der Waals surface area contributed by atoms with E-state index >= 15 is 0 Å². The molecule has 9 heteroatoms. The number of ether oxygens (including phenoxy) is 1. The van der Waals surface area contributed by atoms with Gasteiger partial charge in [0.1, 0.15) is 11.6 Å². The van der Waals surface area contributed by atoms with Gasteiger partial charge >= 0.3 is 0 Å². The molecule has 3 aromatic carbocycles. The third kappa shape index (κ3) is 4.58. The highest BCUT2D eigenvalue weighted by molar-refractivity contribution is 5.85. The van der Waals surface area contributed by atoms with Gasteiger partial charge in [0.25, 0.3) is 0 Å². The van der Waals surface area contributed by atoms with Crippen molar-refractivity contribution >= 4 is 11.0 Å². The van der Waals surface area contributed by atoms with Crippen LogP contribution >= 0.6 is 0 Å². The molecule has 1 aliphatic rings. The first-order chi connectivity index (χ1) is 22.9. The lowest BCUT2D eigenvalue weighted by Gasteiger charge is -2.31. The second-order valence-corrected chi connectivity index (χ2v) is 13.0. The number of fused-ring (bicyclic) bond motifs is 4. The zero-order valence-corrected chi connectivity index (χ0v) is 26.2. The summed E-state index contributed by atoms with van der Waals surface area (Å²) in [5.74, 6) is 3.22. The highest BCUT2D eigenvalue weighted by Gasteiger charge is 2.31. The maximum Gasteiger partial charge on any atom is 0.204 e. The Morgan fingerprint density at radius 3 is 2.23 bits per heavy atom. The quantitative estimate of drug-likeness (QED) is 0.155. The first kappa shape index (κ1) is 27.2. The van der Waals surface area contributed by atoms with Gasteiger partial charge in [0, 0.05) is 29.1 Å². The number of benzene rings is 3. The molecule has 0 fully saturated rings. The fourth-order valence-electron chi connectivity index (χ4n) is 6.38. The number of hydrogen-bond acceptors (Lipinski definition) is 4. The van der Waals surface area contributed by atoms with Crippen molar-refractivity contribution < 1.29 is 4.74 Å². The molecule has 6 heterocycles. The molecule has 9 nitrogen and oxygen atoms in total. The third-order valence-corrected chi connectivity index (χ3v) is 8.92. The first-order valence-electron chi connectivity index (χ1n) is 15.7. The fraction of sp³-hybridized carbons (Fsp3) is 0.132. The summed E-state index contributed by atoms with van der Waals surface area (Å²) in [6.07, 6.45) is 7.16. The summed E-state index contributed by atoms with van der Waals surface area (Å²) in [5, 5.41) is 0. The van der Waals surface area contributed by atoms with Crippen molar-refractivity contribution in [1.29, 1.82) is 0 Å². The molecule has 0 saturated heterocycles. The molecule has 47 heavy (non-hydrogen) atoms. The van der Waals surface area contributed by atoms with Crippen LogP contribution in [0.5, 0.6) is 5.75 Å². The van der Waals surface area contributed by atoms with Crippen LogP contribution in [0.3, 0.4) is 0 Å². The van der Waals surface area contributed by atoms with Gasteiger partial charge in [-0.3, -0.25) is 4.57 Å². The highest BCUT2D eigenvalue weighted by Crippen LogP contribution is 2.45. The number of hydrogen-bond donors (Lipinski definition) is 4. The van der Waals surface area contributed by atoms with Crippen LogP contribution in [0.4, 0.5) is 0 Å². The standard InChI is InChI=1S/C38H32N8O/c1-38(2,3)25-12-8-22(9-13-25)37-46-32(24-11-15-27-30(18-24)44-35(43-27)29-7-5-17-40-29)21-42-36(46)26-14-10-23(19-33(26)47-37)31-20-41-34(45-31)28-6-4-16-39-28/h4-21,37,39-40H,1-3H3,(H,41,45)(H,43,44)/t37-/m0/s1. The first-order valence-corrected chi connectivity index (χ1v) is 15.7. The molecule has 0 aliphatic carbocycles. The van der Waals surface area contributed by atoms with Crippen LogP contribution < -0.4 is 4.74 Å². The van der Waals surface area contributed by atoms with Crippen molar-refractivity contribution in [2.24, 2.45) is 0 Å². The summed E-state index contributed by atoms with van der Waals surface area (Å²) in [7, 11) is 0. The zero-order valence-electron chi connectivity index (χ0n) is 26.2. The summed E-state index contributed by atoms with van der Waals surface area (Å²) in [6.45, 7) is 6.69. The lowest BCUT2D eigenvalue weighted by atomic mass is 9.86. The SMILES string of the molecule is CC(C)(C)c1ccc([C@@H]2Oc3cc(-c4cnc(-c5ccc[nH]5)[nH]4)ccc3-c3ncc(-c4ccc5nc(-c6ccc[nH]6)[nH]c5c4)n32)cc1. The average Bonchev–Trinajstić information content (AvgIpc) is 3.92. The van der Waals surface area contributed by atoms with Crippen molar-refractivity contribution in [2.45, 2.75) is 32.4 Å². The van der Waals surface area contributed by atoms with Crippen molar-refractivity contribution in [3.63, 3.8) is 0 Å². The van der Waals surface area contributed by atoms with Crippen LogP contribution in [-0.4, -0.2) is 39.5 Å². The third-order valence-electron chi connectivity index (χ3n) is 8.92. The number of aromatic amines is 4. The lowest BCUT2D eigenvalue weighted by Crippen LogP contribution is -2.23. The second kappa shape index (κ2) is 10.2. The van der Waals surface area contributed by atoms with E-state index < -0.39 is 6.23 Å². The number of imidazole rings is 3. The maximum absolute atomic E-state index is 6.93. The molecule has 1 aliphatic heterocycles. The minimum atomic E-state index is -0.428. The molecule has 0 radical (unpaired) electrons. The van der Waals surface area contributed by atoms with Crippen molar-refractivity contribution in [1.82, 2.24) is 39.5 Å². The van der Waals surface area contributed by atoms with Gasteiger partial charge in [0.15, 0.2) is 11.6 Å². The Bertz CT molecular complexity index is 2360. The van der Waals surface area contributed by atoms with Gasteiger partial charge in [0.2, 0.25) is 6.23 Å². The molecule has 0 unspecified atom stereocenters. The van der Waals surface area contributed by atoms with E-state index in [0.29, 0.717) is 0 Å². The zero-order chi connectivity index (χ0) is 31.7. The number of H-pyrrole nitrogens is 4. The van der Waals surface area contributed by atoms with Crippen molar-refractivity contribution in [3.05, 3.63) is 121 Å². The molecule has 0 saturated carbocycles. The number of aromatic nitrogens is 8. The minimum Gasteiger partial charge on any atom is -0.465 e. The van der Waals surface area contributed by atoms with E-state index in [-0.39, 0.29) is 5.41 Å². The molecule has 0 spiro atoms. The van der Waals surface area contributed by atoms with E-state index in [1.54, 1.807) is 0 Å². The van der Waals surface area contributed by atoms with Gasteiger partial charge in [-0.2, -0.15) is 0 Å². The molecule has 5 aromatic heterocycles. The summed E-state index contributed by atoms with van der Waals surface area (Å²) in [4.78, 5) is 27.8. The molecule has 4 N–H and O–H groups in total. The molecule has 8 aromatic rings. The van der Waals surface area contributed by atoms with Gasteiger partial charge < -0.3 is 24.7 Å². The van der Waals surface area contributed by atoms with Gasteiger partial charge in [0.05, 0.1) is 51.8 Å². The predicted octanol–water partition coefficient (Wildman–Crippen LogP) is 8.71. The molecule has 9 rings (SSSR count). The van der Waals surface area contributed by atoms with Crippen LogP contribution in [0.15, 0.2) is 110 Å². The number of nitrogens with zero attached hydrogens (tertiary/aromatic N) is 4. The fourth-order valence-corrected chi connectivity index (χ4v) is 6.38. The Morgan fingerprint density at radius 1 is 0.723 bits per heavy atom. The molecule has 230 valence electrons. The molecular formula is C38H32N8O. The van der Waals surface area contributed by atoms with Gasteiger partial charge in [-0.05, 0) is 59.5 Å². The Balaban J connectivity index is 1.16. The van der Waals surface area contributed by atoms with E-state index in [1.165, 1.54) is 5.56 Å². The van der Waals surface area contributed by atoms with Crippen LogP contribution in [0.2, 0.25) is 0 Å². The number of nitrogens with one attached hydrogen (secondary N) is 4. The van der Waals surface area contributed by atoms with Crippen LogP contribution in [0.25, 0.3) is 68.0 Å². The van der Waals surface area contributed by atoms with E-state index in [4.69, 9.17) is 14.7 Å². The second-order valence-electron chi connectivity index (χ2n) is 13.0. The smallest absolute Gasteiger partial charge is 0.204 e. The average molecular weight is 617 g/mol. The predicted molar refractivity (Wildman–Crippen MR) is 184 cm³/mol. The van der Waals surface area contributed by atoms with E-state index in [2.05, 4.69) is 111 Å². The molecule has 1 atom stereocenters. The highest BCUT2D eigenvalue weighted by atomic mass is 16.5. The van der Waals surface area contributed by atoms with Crippen LogP contribution in [0.1, 0.15) is 38.1 Å². The normalized spacial score (nSPS) is 14.2. The Labute approximate surface area is 270 Å². The van der Waals surface area contributed by atoms with E-state index in [1.807, 2.05) is 49.1 Å². The van der Waals surface area contributed by atoms with E-state index in [0.717, 1.165) is 79.3 Å². The van der Waals surface area contributed by atoms with Gasteiger partial charge in [-0.15, -0.1) is 0 Å². The summed E-state index contributed by atoms with van der Waals surface area (Å²) < 4.78 is 9.14. The molecule has 0 amide bonds. The van der Waals surface area contributed by atoms with Crippen LogP contribution in [0, 0.1) is 0 Å². The maximum atomic E-state index is 6.93. The van der Waals surface area contributed by atoms with E-state index in [9.17, 15) is 0 Å². The Kier molecular flexibility index (Phi) is 5.92. The van der Waals surface area contributed by atoms with Gasteiger partial charge in [-0.1, -0.05) is 57.2 Å². The molecular weight excluding hydrogens is 584 g/mol. The van der Waals surface area contributed by atoms with Crippen molar-refractivity contribution in [2.75, 3.05) is 0 Å². The lowest BCUT2D eigenvalue weighted by molar-refractivity contribution is 0.169. The summed E-state index contributed by atoms with van der Waals surface area (Å²) in [6, 6.07) is 29.2. The topological polar surface area (TPSA) is 116 Å². The minimum absolute atomic E-state index is 0.0420.